The van der Waals surface area contributed by atoms with Crippen molar-refractivity contribution in [2.24, 2.45) is 5.92 Å². The monoisotopic (exact) mass is 287 g/mol. The molecule has 7 heteroatoms. The molecule has 1 aromatic rings. The SMILES string of the molecule is Cc1noc(C)c1S(=O)(=O)NCC1CCN(C)CC1. The van der Waals surface area contributed by atoms with E-state index in [4.69, 9.17) is 4.52 Å². The second kappa shape index (κ2) is 5.60. The minimum absolute atomic E-state index is 0.181. The molecule has 0 saturated carbocycles. The molecular weight excluding hydrogens is 266 g/mol. The van der Waals surface area contributed by atoms with E-state index in [0.717, 1.165) is 25.9 Å². The van der Waals surface area contributed by atoms with E-state index in [0.29, 0.717) is 23.9 Å². The van der Waals surface area contributed by atoms with E-state index in [1.165, 1.54) is 0 Å². The maximum atomic E-state index is 12.2. The van der Waals surface area contributed by atoms with Gasteiger partial charge in [-0.25, -0.2) is 13.1 Å². The summed E-state index contributed by atoms with van der Waals surface area (Å²) in [5.41, 5.74) is 0.411. The summed E-state index contributed by atoms with van der Waals surface area (Å²) in [6.45, 7) is 5.79. The molecule has 0 radical (unpaired) electrons. The Morgan fingerprint density at radius 2 is 2.00 bits per heavy atom. The molecule has 1 saturated heterocycles. The van der Waals surface area contributed by atoms with Gasteiger partial charge in [0.15, 0.2) is 5.76 Å². The highest BCUT2D eigenvalue weighted by molar-refractivity contribution is 7.89. The maximum Gasteiger partial charge on any atom is 0.245 e. The summed E-state index contributed by atoms with van der Waals surface area (Å²) in [5, 5.41) is 3.69. The lowest BCUT2D eigenvalue weighted by Crippen LogP contribution is -2.37. The number of likely N-dealkylation sites (tertiary alicyclic amines) is 1. The summed E-state index contributed by atoms with van der Waals surface area (Å²) >= 11 is 0. The number of aromatic nitrogens is 1. The maximum absolute atomic E-state index is 12.2. The number of sulfonamides is 1. The summed E-state index contributed by atoms with van der Waals surface area (Å²) < 4.78 is 32.0. The van der Waals surface area contributed by atoms with Crippen LogP contribution in [0, 0.1) is 19.8 Å². The number of nitrogens with one attached hydrogen (secondary N) is 1. The third-order valence-corrected chi connectivity index (χ3v) is 5.30. The van der Waals surface area contributed by atoms with Gasteiger partial charge in [-0.1, -0.05) is 5.16 Å². The molecule has 19 heavy (non-hydrogen) atoms. The molecule has 1 aliphatic rings. The van der Waals surface area contributed by atoms with Crippen LogP contribution < -0.4 is 4.72 Å². The Morgan fingerprint density at radius 3 is 2.53 bits per heavy atom. The molecule has 2 rings (SSSR count). The highest BCUT2D eigenvalue weighted by Crippen LogP contribution is 2.20. The van der Waals surface area contributed by atoms with Crippen LogP contribution in [0.1, 0.15) is 24.3 Å². The van der Waals surface area contributed by atoms with E-state index >= 15 is 0 Å². The average Bonchev–Trinajstić information content (AvgIpc) is 2.69. The normalized spacial score (nSPS) is 18.9. The zero-order valence-electron chi connectivity index (χ0n) is 11.6. The van der Waals surface area contributed by atoms with E-state index in [9.17, 15) is 8.42 Å². The molecule has 1 aliphatic heterocycles. The van der Waals surface area contributed by atoms with Crippen molar-refractivity contribution in [3.63, 3.8) is 0 Å². The third kappa shape index (κ3) is 3.34. The van der Waals surface area contributed by atoms with Gasteiger partial charge in [-0.2, -0.15) is 0 Å². The zero-order chi connectivity index (χ0) is 14.0. The van der Waals surface area contributed by atoms with Crippen molar-refractivity contribution in [2.45, 2.75) is 31.6 Å². The zero-order valence-corrected chi connectivity index (χ0v) is 12.5. The first-order valence-corrected chi connectivity index (χ1v) is 7.99. The molecule has 108 valence electrons. The van der Waals surface area contributed by atoms with E-state index < -0.39 is 10.0 Å². The molecule has 6 nitrogen and oxygen atoms in total. The summed E-state index contributed by atoms with van der Waals surface area (Å²) in [5.74, 6) is 0.750. The van der Waals surface area contributed by atoms with Gasteiger partial charge in [-0.05, 0) is 52.7 Å². The number of aryl methyl sites for hydroxylation is 2. The summed E-state index contributed by atoms with van der Waals surface area (Å²) in [4.78, 5) is 2.44. The molecule has 2 heterocycles. The third-order valence-electron chi connectivity index (χ3n) is 3.64. The molecule has 0 amide bonds. The van der Waals surface area contributed by atoms with Crippen molar-refractivity contribution in [3.8, 4) is 0 Å². The molecule has 1 N–H and O–H groups in total. The average molecular weight is 287 g/mol. The highest BCUT2D eigenvalue weighted by Gasteiger charge is 2.25. The summed E-state index contributed by atoms with van der Waals surface area (Å²) in [6.07, 6.45) is 2.06. The van der Waals surface area contributed by atoms with Gasteiger partial charge >= 0.3 is 0 Å². The Bertz CT molecular complexity index is 511. The van der Waals surface area contributed by atoms with E-state index in [2.05, 4.69) is 21.8 Å². The fourth-order valence-corrected chi connectivity index (χ4v) is 3.87. The number of rotatable bonds is 4. The van der Waals surface area contributed by atoms with Crippen LogP contribution >= 0.6 is 0 Å². The van der Waals surface area contributed by atoms with Crippen LogP contribution in [0.5, 0.6) is 0 Å². The van der Waals surface area contributed by atoms with Gasteiger partial charge in [0, 0.05) is 6.54 Å². The first-order valence-electron chi connectivity index (χ1n) is 6.51. The van der Waals surface area contributed by atoms with Crippen LogP contribution in [0.4, 0.5) is 0 Å². The van der Waals surface area contributed by atoms with Gasteiger partial charge in [-0.3, -0.25) is 0 Å². The van der Waals surface area contributed by atoms with Gasteiger partial charge in [-0.15, -0.1) is 0 Å². The second-order valence-electron chi connectivity index (χ2n) is 5.25. The quantitative estimate of drug-likeness (QED) is 0.891. The van der Waals surface area contributed by atoms with Crippen LogP contribution in [0.3, 0.4) is 0 Å². The van der Waals surface area contributed by atoms with Gasteiger partial charge < -0.3 is 9.42 Å². The minimum atomic E-state index is -3.51. The lowest BCUT2D eigenvalue weighted by Gasteiger charge is -2.28. The summed E-state index contributed by atoms with van der Waals surface area (Å²) in [7, 11) is -1.42. The fraction of sp³-hybridized carbons (Fsp3) is 0.750. The van der Waals surface area contributed by atoms with E-state index in [-0.39, 0.29) is 4.90 Å². The number of hydrogen-bond donors (Lipinski definition) is 1. The molecule has 0 unspecified atom stereocenters. The van der Waals surface area contributed by atoms with Crippen LogP contribution in [0.2, 0.25) is 0 Å². The van der Waals surface area contributed by atoms with Crippen molar-refractivity contribution in [2.75, 3.05) is 26.7 Å². The molecule has 0 atom stereocenters. The van der Waals surface area contributed by atoms with Crippen LogP contribution in [-0.4, -0.2) is 45.2 Å². The fourth-order valence-electron chi connectivity index (χ4n) is 2.42. The summed E-state index contributed by atoms with van der Waals surface area (Å²) in [6, 6.07) is 0. The molecule has 1 aromatic heterocycles. The van der Waals surface area contributed by atoms with E-state index in [1.54, 1.807) is 13.8 Å². The van der Waals surface area contributed by atoms with Gasteiger partial charge in [0.25, 0.3) is 0 Å². The van der Waals surface area contributed by atoms with Crippen molar-refractivity contribution in [1.82, 2.24) is 14.8 Å². The predicted molar refractivity (Wildman–Crippen MR) is 71.4 cm³/mol. The van der Waals surface area contributed by atoms with Gasteiger partial charge in [0.1, 0.15) is 10.6 Å². The Hall–Kier alpha value is -0.920. The minimum Gasteiger partial charge on any atom is -0.360 e. The Kier molecular flexibility index (Phi) is 4.27. The van der Waals surface area contributed by atoms with Crippen molar-refractivity contribution in [1.29, 1.82) is 0 Å². The number of hydrogen-bond acceptors (Lipinski definition) is 5. The largest absolute Gasteiger partial charge is 0.360 e. The smallest absolute Gasteiger partial charge is 0.245 e. The van der Waals surface area contributed by atoms with Crippen LogP contribution in [0.15, 0.2) is 9.42 Å². The molecule has 0 aliphatic carbocycles. The predicted octanol–water partition coefficient (Wildman–Crippen LogP) is 0.912. The van der Waals surface area contributed by atoms with Gasteiger partial charge in [0.2, 0.25) is 10.0 Å². The highest BCUT2D eigenvalue weighted by atomic mass is 32.2. The lowest BCUT2D eigenvalue weighted by molar-refractivity contribution is 0.220. The topological polar surface area (TPSA) is 75.4 Å². The Balaban J connectivity index is 1.99. The van der Waals surface area contributed by atoms with Crippen LogP contribution in [0.25, 0.3) is 0 Å². The number of piperidine rings is 1. The number of nitrogens with zero attached hydrogens (tertiary/aromatic N) is 2. The first kappa shape index (κ1) is 14.5. The van der Waals surface area contributed by atoms with Crippen molar-refractivity contribution in [3.05, 3.63) is 11.5 Å². The molecule has 1 fully saturated rings. The molecular formula is C12H21N3O3S. The molecule has 0 spiro atoms. The first-order chi connectivity index (χ1) is 8.90. The lowest BCUT2D eigenvalue weighted by atomic mass is 9.98. The Labute approximate surface area is 114 Å². The Morgan fingerprint density at radius 1 is 1.37 bits per heavy atom. The molecule has 0 bridgehead atoms. The van der Waals surface area contributed by atoms with Crippen molar-refractivity contribution < 1.29 is 12.9 Å². The molecule has 0 aromatic carbocycles. The van der Waals surface area contributed by atoms with E-state index in [1.807, 2.05) is 0 Å². The van der Waals surface area contributed by atoms with Crippen molar-refractivity contribution >= 4 is 10.0 Å². The van der Waals surface area contributed by atoms with Gasteiger partial charge in [0.05, 0.1) is 0 Å². The second-order valence-corrected chi connectivity index (χ2v) is 6.96. The van der Waals surface area contributed by atoms with Crippen LogP contribution in [-0.2, 0) is 10.0 Å². The standard InChI is InChI=1S/C12H21N3O3S/c1-9-12(10(2)18-14-9)19(16,17)13-8-11-4-6-15(3)7-5-11/h11,13H,4-8H2,1-3H3.